The average Bonchev–Trinajstić information content (AvgIpc) is 2.31. The van der Waals surface area contributed by atoms with Crippen molar-refractivity contribution in [3.63, 3.8) is 0 Å². The van der Waals surface area contributed by atoms with E-state index in [4.69, 9.17) is 0 Å². The zero-order chi connectivity index (χ0) is 12.0. The molecular weight excluding hydrogens is 276 g/mol. The number of anilines is 2. The lowest BCUT2D eigenvalue weighted by Gasteiger charge is -2.45. The molecule has 0 aromatic heterocycles. The van der Waals surface area contributed by atoms with Crippen molar-refractivity contribution in [2.24, 2.45) is 0 Å². The molecule has 1 aromatic carbocycles. The molecular formula is C14H19BrN2. The molecule has 0 saturated heterocycles. The molecule has 1 aliphatic heterocycles. The van der Waals surface area contributed by atoms with Crippen LogP contribution in [0.15, 0.2) is 16.6 Å². The van der Waals surface area contributed by atoms with Crippen molar-refractivity contribution in [2.45, 2.75) is 44.7 Å². The van der Waals surface area contributed by atoms with Crippen LogP contribution in [0.4, 0.5) is 11.4 Å². The van der Waals surface area contributed by atoms with E-state index in [1.165, 1.54) is 47.1 Å². The van der Waals surface area contributed by atoms with Crippen LogP contribution < -0.4 is 10.2 Å². The Morgan fingerprint density at radius 3 is 2.88 bits per heavy atom. The van der Waals surface area contributed by atoms with Gasteiger partial charge in [0.05, 0.1) is 11.4 Å². The first-order chi connectivity index (χ1) is 8.16. The van der Waals surface area contributed by atoms with Crippen molar-refractivity contribution in [2.75, 3.05) is 17.3 Å². The van der Waals surface area contributed by atoms with Crippen molar-refractivity contribution in [3.8, 4) is 0 Å². The average molecular weight is 295 g/mol. The maximum Gasteiger partial charge on any atom is 0.0616 e. The van der Waals surface area contributed by atoms with Crippen LogP contribution in [0.1, 0.15) is 31.2 Å². The van der Waals surface area contributed by atoms with E-state index in [0.717, 1.165) is 0 Å². The Morgan fingerprint density at radius 2 is 2.06 bits per heavy atom. The van der Waals surface area contributed by atoms with Crippen LogP contribution in [0.5, 0.6) is 0 Å². The van der Waals surface area contributed by atoms with Crippen molar-refractivity contribution in [1.82, 2.24) is 0 Å². The topological polar surface area (TPSA) is 15.3 Å². The summed E-state index contributed by atoms with van der Waals surface area (Å²) in [7, 11) is 2.24. The van der Waals surface area contributed by atoms with Gasteiger partial charge in [0.1, 0.15) is 0 Å². The van der Waals surface area contributed by atoms with Gasteiger partial charge in [-0.2, -0.15) is 0 Å². The number of aryl methyl sites for hydroxylation is 1. The quantitative estimate of drug-likeness (QED) is 0.780. The first-order valence-corrected chi connectivity index (χ1v) is 7.25. The monoisotopic (exact) mass is 294 g/mol. The summed E-state index contributed by atoms with van der Waals surface area (Å²) < 4.78 is 1.18. The molecule has 2 nitrogen and oxygen atoms in total. The van der Waals surface area contributed by atoms with Gasteiger partial charge in [-0.1, -0.05) is 28.8 Å². The van der Waals surface area contributed by atoms with Gasteiger partial charge in [0, 0.05) is 23.6 Å². The maximum atomic E-state index is 3.76. The summed E-state index contributed by atoms with van der Waals surface area (Å²) in [4.78, 5) is 2.48. The third kappa shape index (κ3) is 1.85. The molecule has 1 aliphatic carbocycles. The molecule has 0 radical (unpaired) electrons. The number of nitrogens with zero attached hydrogens (tertiary/aromatic N) is 1. The van der Waals surface area contributed by atoms with Gasteiger partial charge in [-0.25, -0.2) is 0 Å². The van der Waals surface area contributed by atoms with E-state index < -0.39 is 0 Å². The van der Waals surface area contributed by atoms with Gasteiger partial charge >= 0.3 is 0 Å². The molecule has 3 rings (SSSR count). The first-order valence-electron chi connectivity index (χ1n) is 6.46. The SMILES string of the molecule is Cc1cc(Br)cc2c1NC1CCCCC1N2C. The highest BCUT2D eigenvalue weighted by molar-refractivity contribution is 9.10. The van der Waals surface area contributed by atoms with Crippen LogP contribution in [-0.4, -0.2) is 19.1 Å². The van der Waals surface area contributed by atoms with Gasteiger partial charge in [-0.05, 0) is 37.5 Å². The van der Waals surface area contributed by atoms with Crippen LogP contribution in [0.2, 0.25) is 0 Å². The molecule has 1 fully saturated rings. The lowest BCUT2D eigenvalue weighted by atomic mass is 9.86. The highest BCUT2D eigenvalue weighted by atomic mass is 79.9. The second-order valence-electron chi connectivity index (χ2n) is 5.33. The summed E-state index contributed by atoms with van der Waals surface area (Å²) >= 11 is 3.60. The number of fused-ring (bicyclic) bond motifs is 2. The minimum absolute atomic E-state index is 0.640. The molecule has 2 aliphatic rings. The second kappa shape index (κ2) is 4.20. The van der Waals surface area contributed by atoms with E-state index >= 15 is 0 Å². The fraction of sp³-hybridized carbons (Fsp3) is 0.571. The van der Waals surface area contributed by atoms with Gasteiger partial charge in [-0.15, -0.1) is 0 Å². The lowest BCUT2D eigenvalue weighted by molar-refractivity contribution is 0.385. The van der Waals surface area contributed by atoms with Crippen LogP contribution in [0, 0.1) is 6.92 Å². The van der Waals surface area contributed by atoms with E-state index in [1.54, 1.807) is 0 Å². The van der Waals surface area contributed by atoms with E-state index in [1.807, 2.05) is 0 Å². The lowest BCUT2D eigenvalue weighted by Crippen LogP contribution is -2.50. The molecule has 0 spiro atoms. The summed E-state index contributed by atoms with van der Waals surface area (Å²) in [6.07, 6.45) is 5.37. The molecule has 0 bridgehead atoms. The Morgan fingerprint density at radius 1 is 1.29 bits per heavy atom. The highest BCUT2D eigenvalue weighted by Crippen LogP contribution is 2.41. The summed E-state index contributed by atoms with van der Waals surface area (Å²) in [5, 5.41) is 3.76. The van der Waals surface area contributed by atoms with Gasteiger partial charge in [0.2, 0.25) is 0 Å². The van der Waals surface area contributed by atoms with E-state index in [9.17, 15) is 0 Å². The minimum Gasteiger partial charge on any atom is -0.378 e. The van der Waals surface area contributed by atoms with E-state index in [-0.39, 0.29) is 0 Å². The van der Waals surface area contributed by atoms with Crippen molar-refractivity contribution >= 4 is 27.3 Å². The standard InChI is InChI=1S/C14H19BrN2/c1-9-7-10(15)8-13-14(9)16-11-5-3-4-6-12(11)17(13)2/h7-8,11-12,16H,3-6H2,1-2H3. The van der Waals surface area contributed by atoms with Crippen molar-refractivity contribution < 1.29 is 0 Å². The Labute approximate surface area is 112 Å². The van der Waals surface area contributed by atoms with E-state index in [0.29, 0.717) is 12.1 Å². The summed E-state index contributed by atoms with van der Waals surface area (Å²) in [5.74, 6) is 0. The normalized spacial score (nSPS) is 27.1. The number of likely N-dealkylation sites (N-methyl/N-ethyl adjacent to an activating group) is 1. The fourth-order valence-corrected chi connectivity index (χ4v) is 3.86. The summed E-state index contributed by atoms with van der Waals surface area (Å²) in [5.41, 5.74) is 4.02. The van der Waals surface area contributed by atoms with Crippen molar-refractivity contribution in [1.29, 1.82) is 0 Å². The third-order valence-electron chi connectivity index (χ3n) is 4.22. The minimum atomic E-state index is 0.640. The number of rotatable bonds is 0. The van der Waals surface area contributed by atoms with Gasteiger partial charge in [0.15, 0.2) is 0 Å². The summed E-state index contributed by atoms with van der Waals surface area (Å²) in [6.45, 7) is 2.19. The molecule has 1 N–H and O–H groups in total. The third-order valence-corrected chi connectivity index (χ3v) is 4.67. The predicted octanol–water partition coefficient (Wildman–Crippen LogP) is 3.93. The smallest absolute Gasteiger partial charge is 0.0616 e. The van der Waals surface area contributed by atoms with Crippen molar-refractivity contribution in [3.05, 3.63) is 22.2 Å². The maximum absolute atomic E-state index is 3.76. The zero-order valence-corrected chi connectivity index (χ0v) is 12.0. The molecule has 17 heavy (non-hydrogen) atoms. The molecule has 3 heteroatoms. The molecule has 1 saturated carbocycles. The number of nitrogens with one attached hydrogen (secondary N) is 1. The molecule has 2 unspecified atom stereocenters. The zero-order valence-electron chi connectivity index (χ0n) is 10.5. The second-order valence-corrected chi connectivity index (χ2v) is 6.25. The Balaban J connectivity index is 2.05. The van der Waals surface area contributed by atoms with Crippen LogP contribution in [-0.2, 0) is 0 Å². The fourth-order valence-electron chi connectivity index (χ4n) is 3.30. The van der Waals surface area contributed by atoms with Gasteiger partial charge in [0.25, 0.3) is 0 Å². The Bertz CT molecular complexity index is 444. The number of benzene rings is 1. The van der Waals surface area contributed by atoms with Crippen LogP contribution in [0.25, 0.3) is 0 Å². The summed E-state index contributed by atoms with van der Waals surface area (Å²) in [6, 6.07) is 5.74. The van der Waals surface area contributed by atoms with Crippen LogP contribution >= 0.6 is 15.9 Å². The Hall–Kier alpha value is -0.700. The van der Waals surface area contributed by atoms with Crippen LogP contribution in [0.3, 0.4) is 0 Å². The van der Waals surface area contributed by atoms with E-state index in [2.05, 4.69) is 52.3 Å². The molecule has 0 amide bonds. The Kier molecular flexibility index (Phi) is 2.81. The molecule has 1 heterocycles. The van der Waals surface area contributed by atoms with Gasteiger partial charge < -0.3 is 10.2 Å². The highest BCUT2D eigenvalue weighted by Gasteiger charge is 2.34. The predicted molar refractivity (Wildman–Crippen MR) is 76.9 cm³/mol. The molecule has 2 atom stereocenters. The largest absolute Gasteiger partial charge is 0.378 e. The number of hydrogen-bond donors (Lipinski definition) is 1. The number of halogens is 1. The van der Waals surface area contributed by atoms with Gasteiger partial charge in [-0.3, -0.25) is 0 Å². The number of hydrogen-bond acceptors (Lipinski definition) is 2. The first kappa shape index (κ1) is 11.4. The molecule has 92 valence electrons. The molecule has 1 aromatic rings.